The molecule has 5 rings (SSSR count). The molecule has 1 saturated heterocycles. The van der Waals surface area contributed by atoms with Crippen LogP contribution in [-0.4, -0.2) is 38.4 Å². The van der Waals surface area contributed by atoms with Crippen molar-refractivity contribution in [3.63, 3.8) is 0 Å². The second-order valence-electron chi connectivity index (χ2n) is 8.70. The van der Waals surface area contributed by atoms with Crippen LogP contribution in [0.5, 0.6) is 5.75 Å². The third-order valence-electron chi connectivity index (χ3n) is 6.35. The Kier molecular flexibility index (Phi) is 9.01. The molecule has 2 atom stereocenters. The van der Waals surface area contributed by atoms with Crippen molar-refractivity contribution in [3.05, 3.63) is 102 Å². The molecule has 0 amide bonds. The quantitative estimate of drug-likeness (QED) is 0.230. The lowest BCUT2D eigenvalue weighted by molar-refractivity contribution is 0.0106. The molecule has 2 heterocycles. The summed E-state index contributed by atoms with van der Waals surface area (Å²) in [6, 6.07) is 24.6. The zero-order valence-electron chi connectivity index (χ0n) is 19.9. The van der Waals surface area contributed by atoms with E-state index >= 15 is 0 Å². The van der Waals surface area contributed by atoms with Crippen LogP contribution in [0.2, 0.25) is 0 Å². The highest BCUT2D eigenvalue weighted by Gasteiger charge is 2.27. The number of benzene rings is 3. The minimum Gasteiger partial charge on any atom is -0.490 e. The van der Waals surface area contributed by atoms with Gasteiger partial charge in [0.25, 0.3) is 0 Å². The fourth-order valence-electron chi connectivity index (χ4n) is 4.49. The number of carbonyl (C=O) groups is 1. The summed E-state index contributed by atoms with van der Waals surface area (Å²) < 4.78 is 22.2. The minimum atomic E-state index is -0.418. The van der Waals surface area contributed by atoms with Crippen LogP contribution >= 0.6 is 12.4 Å². The zero-order valence-corrected chi connectivity index (χ0v) is 20.7. The summed E-state index contributed by atoms with van der Waals surface area (Å²) in [5, 5.41) is 5.95. The van der Waals surface area contributed by atoms with Gasteiger partial charge < -0.3 is 23.9 Å². The van der Waals surface area contributed by atoms with Gasteiger partial charge >= 0.3 is 5.97 Å². The van der Waals surface area contributed by atoms with Gasteiger partial charge in [0, 0.05) is 12.5 Å². The predicted molar refractivity (Wildman–Crippen MR) is 141 cm³/mol. The average molecular weight is 508 g/mol. The van der Waals surface area contributed by atoms with Crippen molar-refractivity contribution >= 4 is 29.1 Å². The fraction of sp³-hybridized carbons (Fsp3) is 0.276. The molecule has 2 unspecified atom stereocenters. The summed E-state index contributed by atoms with van der Waals surface area (Å²) in [5.41, 5.74) is 2.83. The highest BCUT2D eigenvalue weighted by molar-refractivity contribution is 5.88. The summed E-state index contributed by atoms with van der Waals surface area (Å²) in [5.74, 6) is 0.649. The first-order valence-electron chi connectivity index (χ1n) is 12.0. The minimum absolute atomic E-state index is 0. The SMILES string of the molecule is Cl.O=C(OCCOc1ccc(C2CCNCC2OCc2ccc3ccccc3c2)cc1)c1ccoc1. The lowest BCUT2D eigenvalue weighted by Crippen LogP contribution is -2.40. The third kappa shape index (κ3) is 6.46. The maximum Gasteiger partial charge on any atom is 0.341 e. The molecule has 3 aromatic carbocycles. The van der Waals surface area contributed by atoms with Crippen LogP contribution in [0.25, 0.3) is 10.8 Å². The number of halogens is 1. The number of hydrogen-bond acceptors (Lipinski definition) is 6. The maximum absolute atomic E-state index is 11.8. The molecule has 1 aliphatic rings. The van der Waals surface area contributed by atoms with E-state index in [1.165, 1.54) is 34.4 Å². The van der Waals surface area contributed by atoms with Gasteiger partial charge in [-0.1, -0.05) is 48.5 Å². The normalized spacial score (nSPS) is 17.3. The van der Waals surface area contributed by atoms with E-state index in [4.69, 9.17) is 18.6 Å². The number of hydrogen-bond donors (Lipinski definition) is 1. The van der Waals surface area contributed by atoms with Gasteiger partial charge in [0.1, 0.15) is 25.2 Å². The third-order valence-corrected chi connectivity index (χ3v) is 6.35. The summed E-state index contributed by atoms with van der Waals surface area (Å²) in [6.45, 7) is 2.85. The van der Waals surface area contributed by atoms with E-state index in [-0.39, 0.29) is 31.7 Å². The van der Waals surface area contributed by atoms with Gasteiger partial charge in [-0.2, -0.15) is 0 Å². The molecule has 6 nitrogen and oxygen atoms in total. The van der Waals surface area contributed by atoms with E-state index in [1.54, 1.807) is 6.07 Å². The van der Waals surface area contributed by atoms with Crippen molar-refractivity contribution in [1.82, 2.24) is 5.32 Å². The van der Waals surface area contributed by atoms with Crippen molar-refractivity contribution in [1.29, 1.82) is 0 Å². The second kappa shape index (κ2) is 12.6. The zero-order chi connectivity index (χ0) is 23.9. The van der Waals surface area contributed by atoms with Crippen LogP contribution in [-0.2, 0) is 16.1 Å². The fourth-order valence-corrected chi connectivity index (χ4v) is 4.49. The van der Waals surface area contributed by atoms with Gasteiger partial charge in [0.05, 0.1) is 24.5 Å². The number of furan rings is 1. The molecule has 0 radical (unpaired) electrons. The summed E-state index contributed by atoms with van der Waals surface area (Å²) in [6.07, 6.45) is 3.92. The molecule has 4 aromatic rings. The van der Waals surface area contributed by atoms with Crippen molar-refractivity contribution in [2.45, 2.75) is 25.0 Å². The maximum atomic E-state index is 11.8. The topological polar surface area (TPSA) is 69.9 Å². The average Bonchev–Trinajstić information content (AvgIpc) is 3.46. The number of rotatable bonds is 9. The Balaban J connectivity index is 0.00000304. The molecule has 0 bridgehead atoms. The Hall–Kier alpha value is -3.32. The monoisotopic (exact) mass is 507 g/mol. The molecule has 0 spiro atoms. The number of esters is 1. The number of carbonyl (C=O) groups excluding carboxylic acids is 1. The van der Waals surface area contributed by atoms with Crippen molar-refractivity contribution in [2.24, 2.45) is 0 Å². The first-order valence-corrected chi connectivity index (χ1v) is 12.0. The van der Waals surface area contributed by atoms with E-state index in [1.807, 2.05) is 12.1 Å². The predicted octanol–water partition coefficient (Wildman–Crippen LogP) is 5.75. The number of fused-ring (bicyclic) bond motifs is 1. The van der Waals surface area contributed by atoms with Gasteiger partial charge in [-0.25, -0.2) is 4.79 Å². The number of piperidine rings is 1. The van der Waals surface area contributed by atoms with Gasteiger partial charge in [-0.05, 0) is 59.1 Å². The van der Waals surface area contributed by atoms with E-state index < -0.39 is 5.97 Å². The van der Waals surface area contributed by atoms with Gasteiger partial charge in [0.2, 0.25) is 0 Å². The van der Waals surface area contributed by atoms with Gasteiger partial charge in [-0.15, -0.1) is 12.4 Å². The Morgan fingerprint density at radius 1 is 0.972 bits per heavy atom. The van der Waals surface area contributed by atoms with Gasteiger partial charge in [0.15, 0.2) is 0 Å². The molecular weight excluding hydrogens is 478 g/mol. The van der Waals surface area contributed by atoms with Crippen LogP contribution in [0.1, 0.15) is 33.8 Å². The Morgan fingerprint density at radius 3 is 2.61 bits per heavy atom. The Bertz CT molecular complexity index is 1240. The lowest BCUT2D eigenvalue weighted by atomic mass is 9.87. The summed E-state index contributed by atoms with van der Waals surface area (Å²) >= 11 is 0. The lowest BCUT2D eigenvalue weighted by Gasteiger charge is -2.32. The molecule has 1 aromatic heterocycles. The summed E-state index contributed by atoms with van der Waals surface area (Å²) in [7, 11) is 0. The van der Waals surface area contributed by atoms with E-state index in [9.17, 15) is 4.79 Å². The van der Waals surface area contributed by atoms with Crippen LogP contribution in [0.3, 0.4) is 0 Å². The van der Waals surface area contributed by atoms with Crippen molar-refractivity contribution in [2.75, 3.05) is 26.3 Å². The van der Waals surface area contributed by atoms with Crippen LogP contribution in [0.4, 0.5) is 0 Å². The smallest absolute Gasteiger partial charge is 0.341 e. The van der Waals surface area contributed by atoms with E-state index in [0.29, 0.717) is 18.1 Å². The molecule has 1 N–H and O–H groups in total. The number of ether oxygens (including phenoxy) is 3. The van der Waals surface area contributed by atoms with Crippen LogP contribution in [0, 0.1) is 0 Å². The van der Waals surface area contributed by atoms with Crippen molar-refractivity contribution < 1.29 is 23.4 Å². The van der Waals surface area contributed by atoms with Crippen molar-refractivity contribution in [3.8, 4) is 5.75 Å². The molecule has 0 aliphatic carbocycles. The van der Waals surface area contributed by atoms with Crippen LogP contribution in [0.15, 0.2) is 89.7 Å². The highest BCUT2D eigenvalue weighted by Crippen LogP contribution is 2.30. The molecule has 1 fully saturated rings. The molecule has 188 valence electrons. The number of nitrogens with one attached hydrogen (secondary N) is 1. The van der Waals surface area contributed by atoms with E-state index in [0.717, 1.165) is 25.3 Å². The second-order valence-corrected chi connectivity index (χ2v) is 8.70. The Morgan fingerprint density at radius 2 is 1.81 bits per heavy atom. The first-order chi connectivity index (χ1) is 17.3. The molecule has 7 heteroatoms. The largest absolute Gasteiger partial charge is 0.490 e. The highest BCUT2D eigenvalue weighted by atomic mass is 35.5. The standard InChI is InChI=1S/C29H29NO5.ClH/c31-29(25-12-14-32-20-25)34-16-15-33-26-9-7-23(8-10-26)27-11-13-30-18-28(27)35-19-21-5-6-22-3-1-2-4-24(22)17-21;/h1-10,12,14,17,20,27-28,30H,11,13,15-16,18-19H2;1H. The molecule has 0 saturated carbocycles. The van der Waals surface area contributed by atoms with Gasteiger partial charge in [-0.3, -0.25) is 0 Å². The Labute approximate surface area is 217 Å². The van der Waals surface area contributed by atoms with E-state index in [2.05, 4.69) is 59.9 Å². The first kappa shape index (κ1) is 25.8. The molecule has 36 heavy (non-hydrogen) atoms. The molecule has 1 aliphatic heterocycles. The van der Waals surface area contributed by atoms with Crippen LogP contribution < -0.4 is 10.1 Å². The molecular formula is C29H30ClNO5. The summed E-state index contributed by atoms with van der Waals surface area (Å²) in [4.78, 5) is 11.8.